The van der Waals surface area contributed by atoms with Gasteiger partial charge in [-0.2, -0.15) is 0 Å². The van der Waals surface area contributed by atoms with E-state index in [0.717, 1.165) is 37.9 Å². The summed E-state index contributed by atoms with van der Waals surface area (Å²) in [5, 5.41) is 0. The summed E-state index contributed by atoms with van der Waals surface area (Å²) in [6, 6.07) is 0. The van der Waals surface area contributed by atoms with Gasteiger partial charge in [0.2, 0.25) is 0 Å². The zero-order chi connectivity index (χ0) is 9.76. The number of esters is 1. The van der Waals surface area contributed by atoms with E-state index < -0.39 is 0 Å². The molecule has 0 aromatic rings. The van der Waals surface area contributed by atoms with Crippen molar-refractivity contribution >= 4 is 34.3 Å². The molecule has 0 aromatic carbocycles. The summed E-state index contributed by atoms with van der Waals surface area (Å²) in [4.78, 5) is 16.4. The van der Waals surface area contributed by atoms with Crippen molar-refractivity contribution < 1.29 is 9.53 Å². The van der Waals surface area contributed by atoms with E-state index in [0.29, 0.717) is 3.92 Å². The molecule has 3 nitrogen and oxygen atoms in total. The molecular formula is C10H12INO2. The molecule has 3 rings (SSSR count). The molecule has 0 radical (unpaired) electrons. The Labute approximate surface area is 96.4 Å². The number of halogens is 1. The number of fused-ring (bicyclic) bond motifs is 1. The minimum Gasteiger partial charge on any atom is -0.460 e. The number of carbonyl (C=O) groups excluding carboxylic acids is 1. The van der Waals surface area contributed by atoms with Gasteiger partial charge in [-0.15, -0.1) is 0 Å². The van der Waals surface area contributed by atoms with Crippen LogP contribution in [0.3, 0.4) is 0 Å². The summed E-state index contributed by atoms with van der Waals surface area (Å²) in [5.41, 5.74) is 0.809. The molecule has 3 aliphatic rings. The van der Waals surface area contributed by atoms with Gasteiger partial charge in [-0.1, -0.05) is 22.6 Å². The monoisotopic (exact) mass is 305 g/mol. The molecule has 1 saturated carbocycles. The molecule has 0 N–H and O–H groups in total. The van der Waals surface area contributed by atoms with Gasteiger partial charge in [-0.05, 0) is 25.7 Å². The molecule has 1 aliphatic carbocycles. The standard InChI is InChI=1S/C10H12INO2/c11-8-6-2-3-7-10(8,9(13)14-6)4-1-5-12-7/h6,8H,1-5H2/t6-,8+,10+/m1/s1. The maximum atomic E-state index is 11.9. The lowest BCUT2D eigenvalue weighted by molar-refractivity contribution is -0.146. The van der Waals surface area contributed by atoms with E-state index in [1.165, 1.54) is 0 Å². The Hall–Kier alpha value is -0.130. The van der Waals surface area contributed by atoms with Crippen LogP contribution in [-0.4, -0.2) is 28.3 Å². The van der Waals surface area contributed by atoms with Crippen LogP contribution in [0.1, 0.15) is 25.7 Å². The number of aliphatic imine (C=N–C) groups is 1. The molecule has 1 spiro atoms. The van der Waals surface area contributed by atoms with Gasteiger partial charge >= 0.3 is 5.97 Å². The number of alkyl halides is 1. The Bertz CT molecular complexity index is 328. The van der Waals surface area contributed by atoms with Gasteiger partial charge in [0.05, 0.1) is 3.92 Å². The Balaban J connectivity index is 2.13. The Morgan fingerprint density at radius 1 is 1.57 bits per heavy atom. The van der Waals surface area contributed by atoms with Crippen molar-refractivity contribution in [3.8, 4) is 0 Å². The van der Waals surface area contributed by atoms with Gasteiger partial charge in [0, 0.05) is 12.3 Å². The summed E-state index contributed by atoms with van der Waals surface area (Å²) in [6.45, 7) is 0.901. The number of hydrogen-bond donors (Lipinski definition) is 0. The summed E-state index contributed by atoms with van der Waals surface area (Å²) >= 11 is 2.39. The van der Waals surface area contributed by atoms with Gasteiger partial charge in [0.25, 0.3) is 0 Å². The SMILES string of the molecule is O=C1O[C@@H]2CCC3=NCCC[C@]13[C@H]2I. The van der Waals surface area contributed by atoms with Gasteiger partial charge in [0.15, 0.2) is 0 Å². The molecule has 76 valence electrons. The lowest BCUT2D eigenvalue weighted by atomic mass is 9.69. The zero-order valence-electron chi connectivity index (χ0n) is 7.83. The topological polar surface area (TPSA) is 38.7 Å². The predicted molar refractivity (Wildman–Crippen MR) is 60.9 cm³/mol. The van der Waals surface area contributed by atoms with Crippen LogP contribution in [0.15, 0.2) is 4.99 Å². The van der Waals surface area contributed by atoms with Crippen LogP contribution in [0.25, 0.3) is 0 Å². The highest BCUT2D eigenvalue weighted by molar-refractivity contribution is 14.1. The Morgan fingerprint density at radius 3 is 3.29 bits per heavy atom. The second-order valence-corrected chi connectivity index (χ2v) is 5.63. The first-order valence-corrected chi connectivity index (χ1v) is 6.38. The summed E-state index contributed by atoms with van der Waals surface area (Å²) in [7, 11) is 0. The van der Waals surface area contributed by atoms with Gasteiger partial charge in [0.1, 0.15) is 11.5 Å². The minimum absolute atomic E-state index is 0.00199. The van der Waals surface area contributed by atoms with Crippen LogP contribution in [-0.2, 0) is 9.53 Å². The van der Waals surface area contributed by atoms with Crippen molar-refractivity contribution in [1.82, 2.24) is 0 Å². The largest absolute Gasteiger partial charge is 0.460 e. The van der Waals surface area contributed by atoms with Crippen molar-refractivity contribution in [3.05, 3.63) is 0 Å². The quantitative estimate of drug-likeness (QED) is 0.388. The molecule has 3 atom stereocenters. The smallest absolute Gasteiger partial charge is 0.319 e. The molecule has 0 unspecified atom stereocenters. The third-order valence-corrected chi connectivity index (χ3v) is 5.50. The second kappa shape index (κ2) is 2.93. The average molecular weight is 305 g/mol. The van der Waals surface area contributed by atoms with E-state index in [1.807, 2.05) is 0 Å². The van der Waals surface area contributed by atoms with E-state index >= 15 is 0 Å². The van der Waals surface area contributed by atoms with E-state index in [-0.39, 0.29) is 17.5 Å². The van der Waals surface area contributed by atoms with Gasteiger partial charge < -0.3 is 4.74 Å². The van der Waals surface area contributed by atoms with E-state index in [1.54, 1.807) is 0 Å². The van der Waals surface area contributed by atoms with E-state index in [9.17, 15) is 4.79 Å². The van der Waals surface area contributed by atoms with Crippen molar-refractivity contribution in [2.45, 2.75) is 35.7 Å². The van der Waals surface area contributed by atoms with Gasteiger partial charge in [-0.3, -0.25) is 9.79 Å². The molecular weight excluding hydrogens is 293 g/mol. The van der Waals surface area contributed by atoms with Crippen LogP contribution < -0.4 is 0 Å². The summed E-state index contributed by atoms with van der Waals surface area (Å²) < 4.78 is 5.75. The van der Waals surface area contributed by atoms with Crippen molar-refractivity contribution in [3.63, 3.8) is 0 Å². The molecule has 1 saturated heterocycles. The molecule has 14 heavy (non-hydrogen) atoms. The van der Waals surface area contributed by atoms with E-state index in [4.69, 9.17) is 4.74 Å². The average Bonchev–Trinajstić information content (AvgIpc) is 2.38. The molecule has 2 aliphatic heterocycles. The van der Waals surface area contributed by atoms with Crippen molar-refractivity contribution in [1.29, 1.82) is 0 Å². The lowest BCUT2D eigenvalue weighted by Gasteiger charge is -2.36. The third-order valence-electron chi connectivity index (χ3n) is 3.63. The number of nitrogens with zero attached hydrogens (tertiary/aromatic N) is 1. The minimum atomic E-state index is -0.318. The maximum absolute atomic E-state index is 11.9. The number of carbonyl (C=O) groups is 1. The predicted octanol–water partition coefficient (Wildman–Crippen LogP) is 1.73. The van der Waals surface area contributed by atoms with Crippen LogP contribution >= 0.6 is 22.6 Å². The second-order valence-electron chi connectivity index (χ2n) is 4.29. The fourth-order valence-electron chi connectivity index (χ4n) is 2.89. The normalized spacial score (nSPS) is 45.5. The Morgan fingerprint density at radius 2 is 2.43 bits per heavy atom. The highest BCUT2D eigenvalue weighted by atomic mass is 127. The fourth-order valence-corrected chi connectivity index (χ4v) is 4.32. The first-order valence-electron chi connectivity index (χ1n) is 5.14. The first kappa shape index (κ1) is 9.12. The highest BCUT2D eigenvalue weighted by Gasteiger charge is 2.61. The lowest BCUT2D eigenvalue weighted by Crippen LogP contribution is -2.48. The highest BCUT2D eigenvalue weighted by Crippen LogP contribution is 2.51. The van der Waals surface area contributed by atoms with Crippen LogP contribution in [0, 0.1) is 5.41 Å². The van der Waals surface area contributed by atoms with Gasteiger partial charge in [-0.25, -0.2) is 0 Å². The number of hydrogen-bond acceptors (Lipinski definition) is 3. The molecule has 2 fully saturated rings. The number of rotatable bonds is 0. The first-order chi connectivity index (χ1) is 6.75. The van der Waals surface area contributed by atoms with Crippen LogP contribution in [0.5, 0.6) is 0 Å². The third kappa shape index (κ3) is 0.928. The molecule has 4 heteroatoms. The van der Waals surface area contributed by atoms with E-state index in [2.05, 4.69) is 27.6 Å². The fraction of sp³-hybridized carbons (Fsp3) is 0.800. The maximum Gasteiger partial charge on any atom is 0.319 e. The molecule has 0 aromatic heterocycles. The Kier molecular flexibility index (Phi) is 1.91. The molecule has 2 heterocycles. The van der Waals surface area contributed by atoms with Crippen LogP contribution in [0.2, 0.25) is 0 Å². The zero-order valence-corrected chi connectivity index (χ0v) is 9.99. The van der Waals surface area contributed by atoms with Crippen LogP contribution in [0.4, 0.5) is 0 Å². The number of ether oxygens (including phenoxy) is 1. The molecule has 2 bridgehead atoms. The van der Waals surface area contributed by atoms with Crippen molar-refractivity contribution in [2.24, 2.45) is 10.4 Å². The van der Waals surface area contributed by atoms with Crippen molar-refractivity contribution in [2.75, 3.05) is 6.54 Å². The summed E-state index contributed by atoms with van der Waals surface area (Å²) in [6.07, 6.45) is 4.08. The summed E-state index contributed by atoms with van der Waals surface area (Å²) in [5.74, 6) is -0.00199. The molecule has 0 amide bonds.